The predicted octanol–water partition coefficient (Wildman–Crippen LogP) is 3.38. The molecule has 2 atom stereocenters. The molecule has 16 heavy (non-hydrogen) atoms. The lowest BCUT2D eigenvalue weighted by molar-refractivity contribution is -0.113. The van der Waals surface area contributed by atoms with Gasteiger partial charge in [0.1, 0.15) is 0 Å². The highest BCUT2D eigenvalue weighted by molar-refractivity contribution is 4.88. The molecule has 0 spiro atoms. The summed E-state index contributed by atoms with van der Waals surface area (Å²) in [5.74, 6) is 0.747. The average molecular weight is 228 g/mol. The molecular formula is C14H28O2. The van der Waals surface area contributed by atoms with Crippen LogP contribution >= 0.6 is 0 Å². The average Bonchev–Trinajstić information content (AvgIpc) is 2.18. The van der Waals surface area contributed by atoms with Crippen LogP contribution in [-0.2, 0) is 4.74 Å². The lowest BCUT2D eigenvalue weighted by Gasteiger charge is -2.40. The summed E-state index contributed by atoms with van der Waals surface area (Å²) in [6, 6.07) is 0. The fraction of sp³-hybridized carbons (Fsp3) is 1.00. The predicted molar refractivity (Wildman–Crippen MR) is 67.5 cm³/mol. The van der Waals surface area contributed by atoms with E-state index in [0.29, 0.717) is 0 Å². The molecule has 1 rings (SSSR count). The van der Waals surface area contributed by atoms with Crippen molar-refractivity contribution in [2.24, 2.45) is 11.3 Å². The first kappa shape index (κ1) is 14.0. The molecule has 2 unspecified atom stereocenters. The Bertz CT molecular complexity index is 199. The molecule has 0 aliphatic heterocycles. The number of hydrogen-bond acceptors (Lipinski definition) is 2. The van der Waals surface area contributed by atoms with E-state index in [1.165, 1.54) is 12.8 Å². The van der Waals surface area contributed by atoms with Crippen LogP contribution in [0, 0.1) is 11.3 Å². The molecule has 0 heterocycles. The lowest BCUT2D eigenvalue weighted by Crippen LogP contribution is -2.44. The smallest absolute Gasteiger partial charge is 0.0852 e. The zero-order chi connectivity index (χ0) is 12.2. The van der Waals surface area contributed by atoms with E-state index in [9.17, 15) is 5.11 Å². The number of rotatable bonds is 5. The van der Waals surface area contributed by atoms with Gasteiger partial charge in [0.25, 0.3) is 0 Å². The Morgan fingerprint density at radius 1 is 1.38 bits per heavy atom. The van der Waals surface area contributed by atoms with E-state index in [0.717, 1.165) is 31.8 Å². The van der Waals surface area contributed by atoms with Gasteiger partial charge in [-0.25, -0.2) is 0 Å². The van der Waals surface area contributed by atoms with E-state index in [4.69, 9.17) is 4.74 Å². The monoisotopic (exact) mass is 228 g/mol. The highest BCUT2D eigenvalue weighted by atomic mass is 16.5. The van der Waals surface area contributed by atoms with Crippen LogP contribution < -0.4 is 0 Å². The standard InChI is InChI=1S/C14H28O2/c1-11(2)7-6-10-16-12-8-5-9-14(3,4)13(12)15/h11-13,15H,5-10H2,1-4H3. The van der Waals surface area contributed by atoms with Crippen molar-refractivity contribution in [3.63, 3.8) is 0 Å². The Balaban J connectivity index is 2.26. The van der Waals surface area contributed by atoms with E-state index in [2.05, 4.69) is 27.7 Å². The van der Waals surface area contributed by atoms with Gasteiger partial charge in [-0.05, 0) is 37.0 Å². The third kappa shape index (κ3) is 4.06. The van der Waals surface area contributed by atoms with Crippen LogP contribution in [0.25, 0.3) is 0 Å². The number of hydrogen-bond donors (Lipinski definition) is 1. The molecule has 1 saturated carbocycles. The minimum absolute atomic E-state index is 0.0287. The first-order valence-corrected chi connectivity index (χ1v) is 6.73. The number of ether oxygens (including phenoxy) is 1. The van der Waals surface area contributed by atoms with Crippen LogP contribution in [-0.4, -0.2) is 23.9 Å². The second-order valence-electron chi connectivity index (χ2n) is 6.27. The summed E-state index contributed by atoms with van der Waals surface area (Å²) in [5.41, 5.74) is 0.0287. The van der Waals surface area contributed by atoms with Crippen LogP contribution in [0.1, 0.15) is 59.8 Å². The SMILES string of the molecule is CC(C)CCCOC1CCCC(C)(C)C1O. The molecule has 0 aromatic rings. The van der Waals surface area contributed by atoms with Crippen LogP contribution in [0.5, 0.6) is 0 Å². The maximum Gasteiger partial charge on any atom is 0.0852 e. The minimum Gasteiger partial charge on any atom is -0.390 e. The van der Waals surface area contributed by atoms with Gasteiger partial charge >= 0.3 is 0 Å². The summed E-state index contributed by atoms with van der Waals surface area (Å²) in [4.78, 5) is 0. The van der Waals surface area contributed by atoms with Gasteiger partial charge in [-0.3, -0.25) is 0 Å². The molecule has 0 amide bonds. The van der Waals surface area contributed by atoms with Gasteiger partial charge in [0.05, 0.1) is 12.2 Å². The van der Waals surface area contributed by atoms with E-state index in [1.54, 1.807) is 0 Å². The lowest BCUT2D eigenvalue weighted by atomic mass is 9.73. The van der Waals surface area contributed by atoms with Gasteiger partial charge in [0.2, 0.25) is 0 Å². The summed E-state index contributed by atoms with van der Waals surface area (Å²) in [5, 5.41) is 10.2. The molecule has 1 aliphatic rings. The second kappa shape index (κ2) is 6.02. The Hall–Kier alpha value is -0.0800. The Morgan fingerprint density at radius 3 is 2.69 bits per heavy atom. The molecule has 0 aromatic carbocycles. The van der Waals surface area contributed by atoms with Gasteiger partial charge in [0, 0.05) is 6.61 Å². The molecule has 2 nitrogen and oxygen atoms in total. The molecule has 1 aliphatic carbocycles. The molecule has 1 N–H and O–H groups in total. The molecule has 0 bridgehead atoms. The van der Waals surface area contributed by atoms with Crippen LogP contribution in [0.2, 0.25) is 0 Å². The fourth-order valence-corrected chi connectivity index (χ4v) is 2.47. The van der Waals surface area contributed by atoms with E-state index in [-0.39, 0.29) is 17.6 Å². The highest BCUT2D eigenvalue weighted by Gasteiger charge is 2.38. The fourth-order valence-electron chi connectivity index (χ4n) is 2.47. The molecule has 2 heteroatoms. The maximum atomic E-state index is 10.2. The maximum absolute atomic E-state index is 10.2. The Morgan fingerprint density at radius 2 is 2.06 bits per heavy atom. The van der Waals surface area contributed by atoms with Crippen LogP contribution in [0.15, 0.2) is 0 Å². The molecule has 0 saturated heterocycles. The van der Waals surface area contributed by atoms with Crippen molar-refractivity contribution in [3.05, 3.63) is 0 Å². The van der Waals surface area contributed by atoms with Crippen molar-refractivity contribution in [2.45, 2.75) is 72.0 Å². The molecule has 0 aromatic heterocycles. The van der Waals surface area contributed by atoms with Crippen molar-refractivity contribution in [1.29, 1.82) is 0 Å². The zero-order valence-corrected chi connectivity index (χ0v) is 11.3. The van der Waals surface area contributed by atoms with Crippen molar-refractivity contribution in [2.75, 3.05) is 6.61 Å². The third-order valence-electron chi connectivity index (χ3n) is 3.72. The summed E-state index contributed by atoms with van der Waals surface area (Å²) >= 11 is 0. The Kier molecular flexibility index (Phi) is 5.26. The summed E-state index contributed by atoms with van der Waals surface area (Å²) < 4.78 is 5.83. The second-order valence-corrected chi connectivity index (χ2v) is 6.27. The van der Waals surface area contributed by atoms with Crippen molar-refractivity contribution in [1.82, 2.24) is 0 Å². The molecular weight excluding hydrogens is 200 g/mol. The highest BCUT2D eigenvalue weighted by Crippen LogP contribution is 2.36. The van der Waals surface area contributed by atoms with Crippen molar-refractivity contribution in [3.8, 4) is 0 Å². The van der Waals surface area contributed by atoms with Gasteiger partial charge < -0.3 is 9.84 Å². The van der Waals surface area contributed by atoms with E-state index in [1.807, 2.05) is 0 Å². The first-order valence-electron chi connectivity index (χ1n) is 6.73. The minimum atomic E-state index is -0.291. The van der Waals surface area contributed by atoms with Crippen LogP contribution in [0.4, 0.5) is 0 Å². The quantitative estimate of drug-likeness (QED) is 0.731. The largest absolute Gasteiger partial charge is 0.390 e. The molecule has 1 fully saturated rings. The Labute approximate surface area is 100 Å². The molecule has 0 radical (unpaired) electrons. The summed E-state index contributed by atoms with van der Waals surface area (Å²) in [6.07, 6.45) is 5.41. The van der Waals surface area contributed by atoms with Gasteiger partial charge in [-0.15, -0.1) is 0 Å². The summed E-state index contributed by atoms with van der Waals surface area (Å²) in [6.45, 7) is 9.55. The number of aliphatic hydroxyl groups excluding tert-OH is 1. The van der Waals surface area contributed by atoms with Gasteiger partial charge in [-0.2, -0.15) is 0 Å². The first-order chi connectivity index (χ1) is 7.43. The van der Waals surface area contributed by atoms with E-state index >= 15 is 0 Å². The van der Waals surface area contributed by atoms with Gasteiger partial charge in [-0.1, -0.05) is 34.1 Å². The van der Waals surface area contributed by atoms with E-state index < -0.39 is 0 Å². The topological polar surface area (TPSA) is 29.5 Å². The van der Waals surface area contributed by atoms with Crippen molar-refractivity contribution < 1.29 is 9.84 Å². The summed E-state index contributed by atoms with van der Waals surface area (Å²) in [7, 11) is 0. The van der Waals surface area contributed by atoms with Gasteiger partial charge in [0.15, 0.2) is 0 Å². The normalized spacial score (nSPS) is 29.6. The third-order valence-corrected chi connectivity index (χ3v) is 3.72. The zero-order valence-electron chi connectivity index (χ0n) is 11.3. The van der Waals surface area contributed by atoms with Crippen molar-refractivity contribution >= 4 is 0 Å². The van der Waals surface area contributed by atoms with Crippen LogP contribution in [0.3, 0.4) is 0 Å². The molecule has 96 valence electrons. The number of aliphatic hydroxyl groups is 1.